The molecule has 0 saturated heterocycles. The van der Waals surface area contributed by atoms with Gasteiger partial charge in [-0.3, -0.25) is 4.79 Å². The molecule has 41 heavy (non-hydrogen) atoms. The minimum absolute atomic E-state index is 0.157. The van der Waals surface area contributed by atoms with E-state index in [1.165, 1.54) is 30.7 Å². The molecule has 10 nitrogen and oxygen atoms in total. The van der Waals surface area contributed by atoms with Crippen molar-refractivity contribution in [1.82, 2.24) is 15.1 Å². The maximum Gasteiger partial charge on any atom is 0.323 e. The second-order valence-corrected chi connectivity index (χ2v) is 11.1. The van der Waals surface area contributed by atoms with Crippen LogP contribution in [-0.2, 0) is 0 Å². The molecular weight excluding hydrogens is 529 g/mol. The lowest BCUT2D eigenvalue weighted by Crippen LogP contribution is -2.52. The van der Waals surface area contributed by atoms with Gasteiger partial charge in [0.1, 0.15) is 11.9 Å². The fourth-order valence-electron chi connectivity index (χ4n) is 5.26. The van der Waals surface area contributed by atoms with Crippen molar-refractivity contribution < 1.29 is 28.6 Å². The van der Waals surface area contributed by atoms with E-state index >= 15 is 0 Å². The van der Waals surface area contributed by atoms with Gasteiger partial charge in [0, 0.05) is 31.2 Å². The first-order chi connectivity index (χ1) is 19.7. The summed E-state index contributed by atoms with van der Waals surface area (Å²) in [5.41, 5.74) is 0.885. The number of nitrogens with one attached hydrogen (secondary N) is 3. The molecule has 3 atom stereocenters. The first-order valence-electron chi connectivity index (χ1n) is 14.2. The molecule has 222 valence electrons. The molecular formula is C30H40FN5O5. The molecule has 1 aliphatic carbocycles. The molecule has 2 aromatic carbocycles. The number of aliphatic hydroxyl groups is 1. The normalized spacial score (nSPS) is 20.1. The van der Waals surface area contributed by atoms with Crippen LogP contribution in [0.1, 0.15) is 56.3 Å². The van der Waals surface area contributed by atoms with Gasteiger partial charge in [-0.2, -0.15) is 0 Å². The summed E-state index contributed by atoms with van der Waals surface area (Å²) in [5, 5.41) is 18.4. The summed E-state index contributed by atoms with van der Waals surface area (Å²) >= 11 is 0. The molecule has 11 heteroatoms. The molecule has 4 rings (SSSR count). The van der Waals surface area contributed by atoms with Crippen molar-refractivity contribution >= 4 is 29.3 Å². The molecule has 4 N–H and O–H groups in total. The number of nitrogens with zero attached hydrogens (tertiary/aromatic N) is 2. The number of para-hydroxylation sites is 1. The Morgan fingerprint density at radius 3 is 2.51 bits per heavy atom. The van der Waals surface area contributed by atoms with Gasteiger partial charge in [-0.15, -0.1) is 0 Å². The van der Waals surface area contributed by atoms with Crippen LogP contribution in [-0.4, -0.2) is 77.8 Å². The molecule has 0 radical (unpaired) electrons. The van der Waals surface area contributed by atoms with Crippen molar-refractivity contribution in [3.63, 3.8) is 0 Å². The highest BCUT2D eigenvalue weighted by atomic mass is 19.1. The van der Waals surface area contributed by atoms with Crippen molar-refractivity contribution in [1.29, 1.82) is 0 Å². The highest BCUT2D eigenvalue weighted by molar-refractivity contribution is 6.04. The summed E-state index contributed by atoms with van der Waals surface area (Å²) in [6.45, 7) is 4.03. The third-order valence-corrected chi connectivity index (χ3v) is 7.77. The Morgan fingerprint density at radius 1 is 1.12 bits per heavy atom. The second kappa shape index (κ2) is 13.7. The number of carbonyl (C=O) groups is 3. The van der Waals surface area contributed by atoms with Gasteiger partial charge in [-0.25, -0.2) is 14.0 Å². The summed E-state index contributed by atoms with van der Waals surface area (Å²) in [4.78, 5) is 42.7. The van der Waals surface area contributed by atoms with E-state index < -0.39 is 24.0 Å². The first-order valence-corrected chi connectivity index (χ1v) is 14.2. The fraction of sp³-hybridized carbons (Fsp3) is 0.500. The van der Waals surface area contributed by atoms with Crippen molar-refractivity contribution in [3.8, 4) is 5.75 Å². The summed E-state index contributed by atoms with van der Waals surface area (Å²) in [6, 6.07) is 9.14. The fourth-order valence-corrected chi connectivity index (χ4v) is 5.26. The molecule has 1 aliphatic heterocycles. The van der Waals surface area contributed by atoms with Crippen molar-refractivity contribution in [3.05, 3.63) is 53.8 Å². The van der Waals surface area contributed by atoms with E-state index in [1.807, 2.05) is 6.92 Å². The molecule has 2 aromatic rings. The molecule has 1 saturated carbocycles. The largest absolute Gasteiger partial charge is 0.485 e. The smallest absolute Gasteiger partial charge is 0.323 e. The summed E-state index contributed by atoms with van der Waals surface area (Å²) < 4.78 is 19.7. The Labute approximate surface area is 240 Å². The Balaban J connectivity index is 1.59. The van der Waals surface area contributed by atoms with E-state index in [9.17, 15) is 23.9 Å². The standard InChI is InChI=1S/C30H40FN5O5/c1-19-16-36(20(2)18-37)28(38)24-10-7-11-25(34-29(39)32-23-14-12-21(31)13-15-23)27(24)41-26(19)17-35(3)30(40)33-22-8-5-4-6-9-22/h7,10-15,19-20,22,26,37H,4-6,8-9,16-18H2,1-3H3,(H,33,40)(H2,32,34,39)/t19-,20+,26+/m0/s1. The van der Waals surface area contributed by atoms with Gasteiger partial charge in [0.25, 0.3) is 5.91 Å². The third kappa shape index (κ3) is 7.66. The average molecular weight is 570 g/mol. The van der Waals surface area contributed by atoms with Gasteiger partial charge < -0.3 is 35.6 Å². The Hall–Kier alpha value is -3.86. The highest BCUT2D eigenvalue weighted by Gasteiger charge is 2.35. The lowest BCUT2D eigenvalue weighted by atomic mass is 9.96. The average Bonchev–Trinajstić information content (AvgIpc) is 2.96. The van der Waals surface area contributed by atoms with Gasteiger partial charge >= 0.3 is 12.1 Å². The number of hydrogen-bond donors (Lipinski definition) is 4. The number of likely N-dealkylation sites (N-methyl/N-ethyl adjacent to an activating group) is 1. The van der Waals surface area contributed by atoms with E-state index in [1.54, 1.807) is 42.0 Å². The van der Waals surface area contributed by atoms with Gasteiger partial charge in [0.2, 0.25) is 0 Å². The van der Waals surface area contributed by atoms with E-state index in [0.29, 0.717) is 12.2 Å². The molecule has 1 fully saturated rings. The number of benzene rings is 2. The van der Waals surface area contributed by atoms with Crippen LogP contribution >= 0.6 is 0 Å². The van der Waals surface area contributed by atoms with E-state index in [4.69, 9.17) is 4.74 Å². The molecule has 0 spiro atoms. The minimum atomic E-state index is -0.600. The second-order valence-electron chi connectivity index (χ2n) is 11.1. The summed E-state index contributed by atoms with van der Waals surface area (Å²) in [6.07, 6.45) is 4.80. The zero-order chi connectivity index (χ0) is 29.5. The Morgan fingerprint density at radius 2 is 1.83 bits per heavy atom. The maximum absolute atomic E-state index is 13.7. The highest BCUT2D eigenvalue weighted by Crippen LogP contribution is 2.35. The number of amides is 5. The molecule has 2 aliphatic rings. The van der Waals surface area contributed by atoms with Crippen LogP contribution in [0.2, 0.25) is 0 Å². The van der Waals surface area contributed by atoms with Crippen molar-refractivity contribution in [2.24, 2.45) is 5.92 Å². The Kier molecular flexibility index (Phi) is 10.0. The molecule has 0 aromatic heterocycles. The van der Waals surface area contributed by atoms with Gasteiger partial charge in [-0.1, -0.05) is 32.3 Å². The van der Waals surface area contributed by atoms with E-state index in [0.717, 1.165) is 25.7 Å². The third-order valence-electron chi connectivity index (χ3n) is 7.77. The number of aliphatic hydroxyl groups excluding tert-OH is 1. The van der Waals surface area contributed by atoms with Crippen LogP contribution < -0.4 is 20.7 Å². The summed E-state index contributed by atoms with van der Waals surface area (Å²) in [7, 11) is 1.72. The number of carbonyl (C=O) groups excluding carboxylic acids is 3. The van der Waals surface area contributed by atoms with Crippen LogP contribution in [0.4, 0.5) is 25.4 Å². The number of halogens is 1. The lowest BCUT2D eigenvalue weighted by molar-refractivity contribution is 0.0368. The van der Waals surface area contributed by atoms with E-state index in [-0.39, 0.29) is 54.1 Å². The monoisotopic (exact) mass is 569 g/mol. The topological polar surface area (TPSA) is 123 Å². The van der Waals surface area contributed by atoms with Gasteiger partial charge in [0.15, 0.2) is 5.75 Å². The zero-order valence-electron chi connectivity index (χ0n) is 23.9. The van der Waals surface area contributed by atoms with Crippen molar-refractivity contribution in [2.75, 3.05) is 37.4 Å². The van der Waals surface area contributed by atoms with Crippen LogP contribution in [0.5, 0.6) is 5.75 Å². The van der Waals surface area contributed by atoms with Gasteiger partial charge in [-0.05, 0) is 56.2 Å². The van der Waals surface area contributed by atoms with Crippen molar-refractivity contribution in [2.45, 2.75) is 64.1 Å². The predicted molar refractivity (Wildman–Crippen MR) is 155 cm³/mol. The van der Waals surface area contributed by atoms with Crippen LogP contribution in [0.3, 0.4) is 0 Å². The van der Waals surface area contributed by atoms with Crippen LogP contribution in [0.25, 0.3) is 0 Å². The first kappa shape index (κ1) is 30.1. The molecule has 5 amide bonds. The number of ether oxygens (including phenoxy) is 1. The lowest BCUT2D eigenvalue weighted by Gasteiger charge is -2.38. The minimum Gasteiger partial charge on any atom is -0.485 e. The number of rotatable bonds is 7. The Bertz CT molecular complexity index is 1220. The zero-order valence-corrected chi connectivity index (χ0v) is 23.9. The molecule has 1 heterocycles. The maximum atomic E-state index is 13.7. The number of anilines is 2. The van der Waals surface area contributed by atoms with Crippen LogP contribution in [0.15, 0.2) is 42.5 Å². The van der Waals surface area contributed by atoms with Gasteiger partial charge in [0.05, 0.1) is 30.4 Å². The molecule has 0 bridgehead atoms. The van der Waals surface area contributed by atoms with Crippen LogP contribution in [0, 0.1) is 11.7 Å². The summed E-state index contributed by atoms with van der Waals surface area (Å²) in [5.74, 6) is -0.795. The predicted octanol–water partition coefficient (Wildman–Crippen LogP) is 4.66. The van der Waals surface area contributed by atoms with E-state index in [2.05, 4.69) is 16.0 Å². The number of fused-ring (bicyclic) bond motifs is 1. The SMILES string of the molecule is C[C@H](CO)N1C[C@H](C)[C@@H](CN(C)C(=O)NC2CCCCC2)Oc2c(NC(=O)Nc3ccc(F)cc3)cccc2C1=O. The number of urea groups is 2. The number of hydrogen-bond acceptors (Lipinski definition) is 5. The quantitative estimate of drug-likeness (QED) is 0.386. The molecule has 0 unspecified atom stereocenters.